The monoisotopic (exact) mass is 368 g/mol. The summed E-state index contributed by atoms with van der Waals surface area (Å²) < 4.78 is 40.5. The number of rotatable bonds is 5. The summed E-state index contributed by atoms with van der Waals surface area (Å²) in [6, 6.07) is 4.92. The van der Waals surface area contributed by atoms with Crippen LogP contribution in [0.15, 0.2) is 29.3 Å². The molecule has 1 unspecified atom stereocenters. The van der Waals surface area contributed by atoms with Crippen molar-refractivity contribution in [1.29, 1.82) is 0 Å². The zero-order valence-corrected chi connectivity index (χ0v) is 15.2. The highest BCUT2D eigenvalue weighted by molar-refractivity contribution is 5.80. The van der Waals surface area contributed by atoms with Gasteiger partial charge in [-0.3, -0.25) is 0 Å². The van der Waals surface area contributed by atoms with Crippen molar-refractivity contribution >= 4 is 5.96 Å². The molecule has 6 nitrogen and oxygen atoms in total. The molecule has 9 heteroatoms. The largest absolute Gasteiger partial charge is 0.416 e. The lowest BCUT2D eigenvalue weighted by molar-refractivity contribution is -0.137. The number of benzene rings is 1. The van der Waals surface area contributed by atoms with Gasteiger partial charge in [0.15, 0.2) is 11.8 Å². The first-order valence-corrected chi connectivity index (χ1v) is 8.29. The van der Waals surface area contributed by atoms with Crippen molar-refractivity contribution in [3.05, 3.63) is 47.0 Å². The first-order chi connectivity index (χ1) is 12.2. The van der Waals surface area contributed by atoms with E-state index in [1.165, 1.54) is 6.07 Å². The van der Waals surface area contributed by atoms with Gasteiger partial charge in [-0.05, 0) is 38.5 Å². The van der Waals surface area contributed by atoms with Crippen molar-refractivity contribution in [3.8, 4) is 0 Å². The summed E-state index contributed by atoms with van der Waals surface area (Å²) >= 11 is 0. The maximum atomic E-state index is 12.9. The number of aromatic nitrogens is 3. The molecule has 0 amide bonds. The Kier molecular flexibility index (Phi) is 6.23. The highest BCUT2D eigenvalue weighted by atomic mass is 19.4. The molecule has 1 atom stereocenters. The van der Waals surface area contributed by atoms with Crippen LogP contribution in [0.2, 0.25) is 0 Å². The predicted molar refractivity (Wildman–Crippen MR) is 93.6 cm³/mol. The number of nitrogens with one attached hydrogen (secondary N) is 2. The molecule has 2 N–H and O–H groups in total. The van der Waals surface area contributed by atoms with E-state index in [-0.39, 0.29) is 6.04 Å². The fraction of sp³-hybridized carbons (Fsp3) is 0.471. The Hall–Kier alpha value is -2.58. The summed E-state index contributed by atoms with van der Waals surface area (Å²) in [7, 11) is 1.85. The minimum Gasteiger partial charge on any atom is -0.357 e. The lowest BCUT2D eigenvalue weighted by atomic mass is 10.1. The minimum absolute atomic E-state index is 0.308. The third-order valence-electron chi connectivity index (χ3n) is 3.97. The molecule has 0 fully saturated rings. The van der Waals surface area contributed by atoms with Crippen LogP contribution in [0.25, 0.3) is 0 Å². The summed E-state index contributed by atoms with van der Waals surface area (Å²) in [5.41, 5.74) is -0.139. The van der Waals surface area contributed by atoms with E-state index >= 15 is 0 Å². The van der Waals surface area contributed by atoms with E-state index in [1.807, 2.05) is 25.5 Å². The van der Waals surface area contributed by atoms with Gasteiger partial charge in [0.05, 0.1) is 11.6 Å². The maximum absolute atomic E-state index is 12.9. The number of halogens is 3. The molecule has 0 saturated heterocycles. The summed E-state index contributed by atoms with van der Waals surface area (Å²) in [6.45, 7) is 6.48. The predicted octanol–water partition coefficient (Wildman–Crippen LogP) is 2.96. The number of aliphatic imine (C=N–C) groups is 1. The Bertz CT molecular complexity index is 766. The zero-order valence-electron chi connectivity index (χ0n) is 15.2. The number of guanidine groups is 1. The summed E-state index contributed by atoms with van der Waals surface area (Å²) in [6.07, 6.45) is -4.36. The Labute approximate surface area is 150 Å². The quantitative estimate of drug-likeness (QED) is 0.629. The number of nitrogens with zero attached hydrogens (tertiary/aromatic N) is 4. The third-order valence-corrected chi connectivity index (χ3v) is 3.97. The highest BCUT2D eigenvalue weighted by Gasteiger charge is 2.30. The van der Waals surface area contributed by atoms with Crippen molar-refractivity contribution in [2.45, 2.75) is 39.5 Å². The van der Waals surface area contributed by atoms with Crippen molar-refractivity contribution < 1.29 is 13.2 Å². The van der Waals surface area contributed by atoms with Crippen molar-refractivity contribution in [2.24, 2.45) is 12.0 Å². The van der Waals surface area contributed by atoms with E-state index in [1.54, 1.807) is 13.0 Å². The van der Waals surface area contributed by atoms with Crippen molar-refractivity contribution in [2.75, 3.05) is 6.54 Å². The molecule has 2 aromatic rings. The lowest BCUT2D eigenvalue weighted by Crippen LogP contribution is -2.38. The van der Waals surface area contributed by atoms with Crippen molar-refractivity contribution in [3.63, 3.8) is 0 Å². The van der Waals surface area contributed by atoms with Gasteiger partial charge in [0, 0.05) is 13.6 Å². The molecule has 0 aliphatic carbocycles. The van der Waals surface area contributed by atoms with Crippen LogP contribution in [-0.2, 0) is 19.8 Å². The van der Waals surface area contributed by atoms with Crippen LogP contribution in [0.3, 0.4) is 0 Å². The van der Waals surface area contributed by atoms with E-state index in [9.17, 15) is 13.2 Å². The van der Waals surface area contributed by atoms with Gasteiger partial charge >= 0.3 is 6.18 Å². The Morgan fingerprint density at radius 1 is 1.31 bits per heavy atom. The topological polar surface area (TPSA) is 67.1 Å². The van der Waals surface area contributed by atoms with Gasteiger partial charge in [-0.1, -0.05) is 12.1 Å². The first kappa shape index (κ1) is 19.7. The minimum atomic E-state index is -4.36. The molecule has 26 heavy (non-hydrogen) atoms. The lowest BCUT2D eigenvalue weighted by Gasteiger charge is -2.19. The average molecular weight is 368 g/mol. The van der Waals surface area contributed by atoms with Crippen LogP contribution in [-0.4, -0.2) is 27.3 Å². The van der Waals surface area contributed by atoms with Crippen LogP contribution >= 0.6 is 0 Å². The van der Waals surface area contributed by atoms with E-state index < -0.39 is 11.7 Å². The van der Waals surface area contributed by atoms with Crippen LogP contribution in [0.4, 0.5) is 13.2 Å². The van der Waals surface area contributed by atoms with Gasteiger partial charge in [-0.15, -0.1) is 10.2 Å². The molecular formula is C17H23F3N6. The average Bonchev–Trinajstić information content (AvgIpc) is 2.91. The normalized spacial score (nSPS) is 13.6. The van der Waals surface area contributed by atoms with Gasteiger partial charge in [-0.25, -0.2) is 4.99 Å². The van der Waals surface area contributed by atoms with Gasteiger partial charge in [0.25, 0.3) is 0 Å². The molecule has 0 radical (unpaired) electrons. The second-order valence-corrected chi connectivity index (χ2v) is 5.91. The van der Waals surface area contributed by atoms with Crippen LogP contribution < -0.4 is 10.6 Å². The molecule has 1 aromatic heterocycles. The summed E-state index contributed by atoms with van der Waals surface area (Å²) in [5.74, 6) is 1.98. The molecule has 1 heterocycles. The number of hydrogen-bond donors (Lipinski definition) is 2. The first-order valence-electron chi connectivity index (χ1n) is 8.29. The molecule has 1 aromatic carbocycles. The Morgan fingerprint density at radius 2 is 2.04 bits per heavy atom. The third kappa shape index (κ3) is 4.96. The standard InChI is InChI=1S/C17H23F3N6/c1-5-21-16(22-10-15-25-24-12(3)26(15)4)23-11(2)13-7-6-8-14(9-13)17(18,19)20/h6-9,11H,5,10H2,1-4H3,(H2,21,22,23). The SMILES string of the molecule is CCNC(=NCc1nnc(C)n1C)NC(C)c1cccc(C(F)(F)F)c1. The number of aryl methyl sites for hydroxylation is 1. The maximum Gasteiger partial charge on any atom is 0.416 e. The molecule has 0 saturated carbocycles. The van der Waals surface area contributed by atoms with Crippen LogP contribution in [0.1, 0.15) is 42.7 Å². The fourth-order valence-corrected chi connectivity index (χ4v) is 2.33. The van der Waals surface area contributed by atoms with E-state index in [0.29, 0.717) is 30.4 Å². The number of alkyl halides is 3. The van der Waals surface area contributed by atoms with Gasteiger partial charge in [-0.2, -0.15) is 13.2 Å². The molecule has 0 aliphatic rings. The van der Waals surface area contributed by atoms with E-state index in [2.05, 4.69) is 25.8 Å². The molecular weight excluding hydrogens is 345 g/mol. The van der Waals surface area contributed by atoms with Gasteiger partial charge in [0.1, 0.15) is 12.4 Å². The second kappa shape index (κ2) is 8.20. The van der Waals surface area contributed by atoms with E-state index in [0.717, 1.165) is 18.0 Å². The summed E-state index contributed by atoms with van der Waals surface area (Å²) in [4.78, 5) is 4.44. The van der Waals surface area contributed by atoms with Crippen LogP contribution in [0, 0.1) is 6.92 Å². The van der Waals surface area contributed by atoms with E-state index in [4.69, 9.17) is 0 Å². The smallest absolute Gasteiger partial charge is 0.357 e. The van der Waals surface area contributed by atoms with Gasteiger partial charge in [0.2, 0.25) is 0 Å². The Morgan fingerprint density at radius 3 is 2.62 bits per heavy atom. The molecule has 0 spiro atoms. The van der Waals surface area contributed by atoms with Crippen LogP contribution in [0.5, 0.6) is 0 Å². The Balaban J connectivity index is 2.13. The highest BCUT2D eigenvalue weighted by Crippen LogP contribution is 2.30. The van der Waals surface area contributed by atoms with Crippen molar-refractivity contribution in [1.82, 2.24) is 25.4 Å². The molecule has 0 bridgehead atoms. The molecule has 2 rings (SSSR count). The zero-order chi connectivity index (χ0) is 19.3. The fourth-order valence-electron chi connectivity index (χ4n) is 2.33. The molecule has 0 aliphatic heterocycles. The molecule has 142 valence electrons. The number of hydrogen-bond acceptors (Lipinski definition) is 3. The summed E-state index contributed by atoms with van der Waals surface area (Å²) in [5, 5.41) is 14.2. The van der Waals surface area contributed by atoms with Gasteiger partial charge < -0.3 is 15.2 Å². The second-order valence-electron chi connectivity index (χ2n) is 5.91.